The van der Waals surface area contributed by atoms with Crippen molar-refractivity contribution < 1.29 is 0 Å². The number of aryl methyl sites for hydroxylation is 1. The predicted octanol–water partition coefficient (Wildman–Crippen LogP) is 6.33. The fourth-order valence-electron chi connectivity index (χ4n) is 4.38. The van der Waals surface area contributed by atoms with Gasteiger partial charge in [-0.1, -0.05) is 66.7 Å². The molecule has 0 aliphatic rings. The third-order valence-electron chi connectivity index (χ3n) is 6.28. The molecule has 5 rings (SSSR count). The Bertz CT molecular complexity index is 1380. The molecular weight excluding hydrogens is 406 g/mol. The van der Waals surface area contributed by atoms with Crippen LogP contribution in [0.25, 0.3) is 22.4 Å². The molecule has 0 fully saturated rings. The number of nitrogens with one attached hydrogen (secondary N) is 1. The number of rotatable bonds is 6. The van der Waals surface area contributed by atoms with Gasteiger partial charge in [-0.25, -0.2) is 9.97 Å². The van der Waals surface area contributed by atoms with Crippen LogP contribution in [0.15, 0.2) is 85.2 Å². The maximum Gasteiger partial charge on any atom is 0.163 e. The summed E-state index contributed by atoms with van der Waals surface area (Å²) in [6, 6.07) is 24.9. The van der Waals surface area contributed by atoms with Crippen molar-refractivity contribution in [3.63, 3.8) is 0 Å². The van der Waals surface area contributed by atoms with E-state index in [9.17, 15) is 0 Å². The highest BCUT2D eigenvalue weighted by Crippen LogP contribution is 2.35. The van der Waals surface area contributed by atoms with Gasteiger partial charge in [0.2, 0.25) is 0 Å². The van der Waals surface area contributed by atoms with Gasteiger partial charge >= 0.3 is 0 Å². The van der Waals surface area contributed by atoms with Gasteiger partial charge in [-0.2, -0.15) is 0 Å². The third-order valence-corrected chi connectivity index (χ3v) is 6.28. The average Bonchev–Trinajstić information content (AvgIpc) is 3.13. The highest BCUT2D eigenvalue weighted by atomic mass is 15.1. The van der Waals surface area contributed by atoms with Crippen molar-refractivity contribution in [3.8, 4) is 11.4 Å². The monoisotopic (exact) mass is 433 g/mol. The van der Waals surface area contributed by atoms with Crippen molar-refractivity contribution in [1.29, 1.82) is 0 Å². The van der Waals surface area contributed by atoms with E-state index < -0.39 is 0 Å². The fraction of sp³-hybridized carbons (Fsp3) is 0.179. The number of anilines is 1. The van der Waals surface area contributed by atoms with Crippen LogP contribution in [0.3, 0.4) is 0 Å². The zero-order chi connectivity index (χ0) is 22.8. The molecule has 0 spiro atoms. The molecule has 164 valence electrons. The number of benzene rings is 2. The molecule has 1 N–H and O–H groups in total. The van der Waals surface area contributed by atoms with E-state index in [-0.39, 0.29) is 6.04 Å². The van der Waals surface area contributed by atoms with Gasteiger partial charge in [0.15, 0.2) is 5.82 Å². The topological polar surface area (TPSA) is 55.6 Å². The summed E-state index contributed by atoms with van der Waals surface area (Å²) < 4.78 is 2.34. The Morgan fingerprint density at radius 3 is 2.30 bits per heavy atom. The predicted molar refractivity (Wildman–Crippen MR) is 134 cm³/mol. The van der Waals surface area contributed by atoms with E-state index in [1.54, 1.807) is 6.20 Å². The summed E-state index contributed by atoms with van der Waals surface area (Å²) in [7, 11) is 0. The Balaban J connectivity index is 1.69. The highest BCUT2D eigenvalue weighted by Gasteiger charge is 2.22. The molecule has 0 radical (unpaired) electrons. The number of pyridine rings is 1. The van der Waals surface area contributed by atoms with Crippen LogP contribution in [0, 0.1) is 13.8 Å². The van der Waals surface area contributed by atoms with E-state index in [1.807, 2.05) is 30.5 Å². The summed E-state index contributed by atoms with van der Waals surface area (Å²) in [6.45, 7) is 7.20. The zero-order valence-corrected chi connectivity index (χ0v) is 19.2. The molecule has 0 aliphatic carbocycles. The number of fused-ring (bicyclic) bond motifs is 1. The van der Waals surface area contributed by atoms with Crippen molar-refractivity contribution in [2.24, 2.45) is 0 Å². The minimum Gasteiger partial charge on any atom is -0.365 e. The Labute approximate surface area is 194 Å². The second-order valence-electron chi connectivity index (χ2n) is 8.34. The van der Waals surface area contributed by atoms with Crippen LogP contribution in [0.2, 0.25) is 0 Å². The lowest BCUT2D eigenvalue weighted by Crippen LogP contribution is -2.10. The van der Waals surface area contributed by atoms with Gasteiger partial charge < -0.3 is 9.88 Å². The van der Waals surface area contributed by atoms with Crippen LogP contribution >= 0.6 is 0 Å². The Kier molecular flexibility index (Phi) is 5.61. The molecule has 3 aromatic heterocycles. The van der Waals surface area contributed by atoms with Crippen LogP contribution in [0.5, 0.6) is 0 Å². The quantitative estimate of drug-likeness (QED) is 0.340. The van der Waals surface area contributed by atoms with E-state index in [1.165, 1.54) is 16.8 Å². The lowest BCUT2D eigenvalue weighted by atomic mass is 10.1. The standard InChI is InChI=1S/C28H27N5/c1-19-20(2)33(21(3)23-12-6-4-7-13-23)28-25(19)27(30-18-22-11-10-16-29-17-22)31-26(32-28)24-14-8-5-9-15-24/h4-17,21H,18H2,1-3H3,(H,30,31,32). The molecule has 0 aliphatic heterocycles. The van der Waals surface area contributed by atoms with Crippen molar-refractivity contribution in [2.45, 2.75) is 33.4 Å². The van der Waals surface area contributed by atoms with E-state index in [2.05, 4.69) is 84.2 Å². The molecule has 5 aromatic rings. The van der Waals surface area contributed by atoms with Crippen LogP contribution in [0.4, 0.5) is 5.82 Å². The van der Waals surface area contributed by atoms with Gasteiger partial charge in [0.05, 0.1) is 11.4 Å². The summed E-state index contributed by atoms with van der Waals surface area (Å²) in [5.74, 6) is 1.57. The highest BCUT2D eigenvalue weighted by molar-refractivity contribution is 5.93. The Hall–Kier alpha value is -3.99. The number of hydrogen-bond acceptors (Lipinski definition) is 4. The number of aromatic nitrogens is 4. The fourth-order valence-corrected chi connectivity index (χ4v) is 4.38. The third kappa shape index (κ3) is 3.98. The first kappa shape index (κ1) is 20.9. The maximum atomic E-state index is 5.09. The first-order valence-electron chi connectivity index (χ1n) is 11.3. The van der Waals surface area contributed by atoms with Gasteiger partial charge in [-0.15, -0.1) is 0 Å². The van der Waals surface area contributed by atoms with Crippen LogP contribution < -0.4 is 5.32 Å². The normalized spacial score (nSPS) is 12.1. The molecule has 5 heteroatoms. The molecule has 5 nitrogen and oxygen atoms in total. The summed E-state index contributed by atoms with van der Waals surface area (Å²) in [5.41, 5.74) is 6.70. The van der Waals surface area contributed by atoms with E-state index in [0.29, 0.717) is 6.54 Å². The molecule has 33 heavy (non-hydrogen) atoms. The van der Waals surface area contributed by atoms with Crippen molar-refractivity contribution in [1.82, 2.24) is 19.5 Å². The number of hydrogen-bond donors (Lipinski definition) is 1. The first-order valence-corrected chi connectivity index (χ1v) is 11.3. The molecular formula is C28H27N5. The molecule has 1 atom stereocenters. The SMILES string of the molecule is Cc1c(C)n(C(C)c2ccccc2)c2nc(-c3ccccc3)nc(NCc3cccnc3)c12. The molecule has 2 aromatic carbocycles. The van der Waals surface area contributed by atoms with Crippen molar-refractivity contribution in [3.05, 3.63) is 108 Å². The molecule has 0 bridgehead atoms. The summed E-state index contributed by atoms with van der Waals surface area (Å²) in [4.78, 5) is 14.3. The first-order chi connectivity index (χ1) is 16.1. The molecule has 0 saturated heterocycles. The number of nitrogens with zero attached hydrogens (tertiary/aromatic N) is 4. The Morgan fingerprint density at radius 2 is 1.61 bits per heavy atom. The van der Waals surface area contributed by atoms with Gasteiger partial charge in [-0.05, 0) is 43.5 Å². The molecule has 3 heterocycles. The smallest absolute Gasteiger partial charge is 0.163 e. The van der Waals surface area contributed by atoms with Crippen LogP contribution in [-0.4, -0.2) is 19.5 Å². The second-order valence-corrected chi connectivity index (χ2v) is 8.34. The molecule has 0 amide bonds. The maximum absolute atomic E-state index is 5.09. The van der Waals surface area contributed by atoms with E-state index in [4.69, 9.17) is 9.97 Å². The van der Waals surface area contributed by atoms with Gasteiger partial charge in [0.1, 0.15) is 11.5 Å². The lowest BCUT2D eigenvalue weighted by molar-refractivity contribution is 0.639. The van der Waals surface area contributed by atoms with Gasteiger partial charge in [-0.3, -0.25) is 4.98 Å². The largest absolute Gasteiger partial charge is 0.365 e. The summed E-state index contributed by atoms with van der Waals surface area (Å²) in [5, 5.41) is 4.64. The Morgan fingerprint density at radius 1 is 0.879 bits per heavy atom. The summed E-state index contributed by atoms with van der Waals surface area (Å²) in [6.07, 6.45) is 3.67. The van der Waals surface area contributed by atoms with Crippen molar-refractivity contribution in [2.75, 3.05) is 5.32 Å². The lowest BCUT2D eigenvalue weighted by Gasteiger charge is -2.18. The minimum atomic E-state index is 0.145. The van der Waals surface area contributed by atoms with E-state index >= 15 is 0 Å². The van der Waals surface area contributed by atoms with Gasteiger partial charge in [0.25, 0.3) is 0 Å². The van der Waals surface area contributed by atoms with Crippen LogP contribution in [-0.2, 0) is 6.54 Å². The second kappa shape index (κ2) is 8.87. The molecule has 0 saturated carbocycles. The van der Waals surface area contributed by atoms with Crippen molar-refractivity contribution >= 4 is 16.9 Å². The van der Waals surface area contributed by atoms with Gasteiger partial charge in [0, 0.05) is 30.2 Å². The zero-order valence-electron chi connectivity index (χ0n) is 19.2. The summed E-state index contributed by atoms with van der Waals surface area (Å²) >= 11 is 0. The minimum absolute atomic E-state index is 0.145. The van der Waals surface area contributed by atoms with E-state index in [0.717, 1.165) is 33.8 Å². The average molecular weight is 434 g/mol. The van der Waals surface area contributed by atoms with Crippen LogP contribution in [0.1, 0.15) is 35.3 Å². The molecule has 1 unspecified atom stereocenters.